The molecule has 3 rings (SSSR count). The van der Waals surface area contributed by atoms with E-state index in [1.807, 2.05) is 6.92 Å². The molecule has 0 bridgehead atoms. The Hall–Kier alpha value is -0.810. The number of aliphatic hydroxyl groups is 1. The van der Waals surface area contributed by atoms with Gasteiger partial charge in [-0.1, -0.05) is 0 Å². The minimum atomic E-state index is -0.446. The molecule has 2 saturated carbocycles. The van der Waals surface area contributed by atoms with Gasteiger partial charge in [0.05, 0.1) is 12.1 Å². The predicted molar refractivity (Wildman–Crippen MR) is 77.5 cm³/mol. The first-order valence-electron chi connectivity index (χ1n) is 8.04. The molecule has 2 aliphatic carbocycles. The molecular weight excluding hydrogens is 254 g/mol. The Morgan fingerprint density at radius 2 is 1.85 bits per heavy atom. The molecule has 3 fully saturated rings. The van der Waals surface area contributed by atoms with Crippen LogP contribution in [-0.4, -0.2) is 53.4 Å². The van der Waals surface area contributed by atoms with E-state index in [9.17, 15) is 9.90 Å². The Morgan fingerprint density at radius 1 is 1.20 bits per heavy atom. The van der Waals surface area contributed by atoms with Gasteiger partial charge in [0.2, 0.25) is 0 Å². The van der Waals surface area contributed by atoms with Gasteiger partial charge in [-0.15, -0.1) is 0 Å². The second kappa shape index (κ2) is 5.53. The zero-order valence-electron chi connectivity index (χ0n) is 12.4. The summed E-state index contributed by atoms with van der Waals surface area (Å²) in [5.74, 6) is 0.440. The van der Waals surface area contributed by atoms with Gasteiger partial charge in [-0.2, -0.15) is 0 Å². The first-order valence-corrected chi connectivity index (χ1v) is 8.04. The highest BCUT2D eigenvalue weighted by molar-refractivity contribution is 5.75. The van der Waals surface area contributed by atoms with Crippen molar-refractivity contribution < 1.29 is 9.90 Å². The molecule has 0 unspecified atom stereocenters. The maximum atomic E-state index is 12.1. The van der Waals surface area contributed by atoms with E-state index in [1.54, 1.807) is 0 Å². The highest BCUT2D eigenvalue weighted by Crippen LogP contribution is 2.39. The van der Waals surface area contributed by atoms with Crippen molar-refractivity contribution >= 4 is 6.03 Å². The Morgan fingerprint density at radius 3 is 2.35 bits per heavy atom. The van der Waals surface area contributed by atoms with Crippen LogP contribution in [-0.2, 0) is 0 Å². The van der Waals surface area contributed by atoms with Gasteiger partial charge in [-0.3, -0.25) is 0 Å². The Kier molecular flexibility index (Phi) is 3.91. The highest BCUT2D eigenvalue weighted by Gasteiger charge is 2.42. The molecule has 3 aliphatic rings. The average molecular weight is 281 g/mol. The quantitative estimate of drug-likeness (QED) is 0.706. The summed E-state index contributed by atoms with van der Waals surface area (Å²) in [5, 5.41) is 15.6. The lowest BCUT2D eigenvalue weighted by Gasteiger charge is -2.34. The van der Waals surface area contributed by atoms with Gasteiger partial charge < -0.3 is 20.6 Å². The normalized spacial score (nSPS) is 27.9. The maximum absolute atomic E-state index is 12.1. The van der Waals surface area contributed by atoms with Crippen molar-refractivity contribution in [1.82, 2.24) is 15.5 Å². The summed E-state index contributed by atoms with van der Waals surface area (Å²) in [5.41, 5.74) is -0.446. The minimum Gasteiger partial charge on any atom is -0.394 e. The number of likely N-dealkylation sites (tertiary alicyclic amines) is 1. The molecule has 2 amide bonds. The molecule has 0 aromatic rings. The summed E-state index contributed by atoms with van der Waals surface area (Å²) in [6, 6.07) is 1.00. The third kappa shape index (κ3) is 3.26. The number of rotatable bonds is 5. The molecule has 1 atom stereocenters. The van der Waals surface area contributed by atoms with Gasteiger partial charge in [0.15, 0.2) is 0 Å². The summed E-state index contributed by atoms with van der Waals surface area (Å²) in [7, 11) is 0. The summed E-state index contributed by atoms with van der Waals surface area (Å²) >= 11 is 0. The number of hydrogen-bond acceptors (Lipinski definition) is 3. The third-order valence-electron chi connectivity index (χ3n) is 5.13. The maximum Gasteiger partial charge on any atom is 0.315 e. The van der Waals surface area contributed by atoms with E-state index in [-0.39, 0.29) is 18.7 Å². The largest absolute Gasteiger partial charge is 0.394 e. The molecule has 0 aromatic carbocycles. The van der Waals surface area contributed by atoms with Crippen LogP contribution in [0.2, 0.25) is 0 Å². The first kappa shape index (κ1) is 14.1. The van der Waals surface area contributed by atoms with Crippen LogP contribution < -0.4 is 10.6 Å². The molecule has 1 heterocycles. The van der Waals surface area contributed by atoms with Gasteiger partial charge >= 0.3 is 6.03 Å². The Balaban J connectivity index is 1.42. The van der Waals surface area contributed by atoms with Crippen molar-refractivity contribution in [2.75, 3.05) is 19.7 Å². The van der Waals surface area contributed by atoms with E-state index >= 15 is 0 Å². The van der Waals surface area contributed by atoms with Crippen molar-refractivity contribution in [3.63, 3.8) is 0 Å². The number of urea groups is 1. The number of hydrogen-bond donors (Lipinski definition) is 3. The number of aliphatic hydroxyl groups excluding tert-OH is 1. The lowest BCUT2D eigenvalue weighted by atomic mass is 9.97. The summed E-state index contributed by atoms with van der Waals surface area (Å²) < 4.78 is 0. The number of piperidine rings is 1. The van der Waals surface area contributed by atoms with Gasteiger partial charge in [0.1, 0.15) is 0 Å². The van der Waals surface area contributed by atoms with Crippen LogP contribution in [0.4, 0.5) is 4.79 Å². The van der Waals surface area contributed by atoms with Crippen LogP contribution in [0, 0.1) is 5.92 Å². The van der Waals surface area contributed by atoms with Crippen molar-refractivity contribution in [3.05, 3.63) is 0 Å². The molecule has 5 heteroatoms. The summed E-state index contributed by atoms with van der Waals surface area (Å²) in [6.45, 7) is 4.18. The number of nitrogens with one attached hydrogen (secondary N) is 2. The molecule has 0 radical (unpaired) electrons. The van der Waals surface area contributed by atoms with Gasteiger partial charge in [-0.05, 0) is 51.4 Å². The molecule has 0 spiro atoms. The molecular formula is C15H27N3O2. The SMILES string of the molecule is C[C@](CO)(NC(=O)NC1CCN(C2CC2)CC1)C1CC1. The van der Waals surface area contributed by atoms with E-state index in [0.29, 0.717) is 5.92 Å². The van der Waals surface area contributed by atoms with Crippen LogP contribution in [0.1, 0.15) is 45.4 Å². The lowest BCUT2D eigenvalue weighted by molar-refractivity contribution is 0.149. The van der Waals surface area contributed by atoms with Crippen LogP contribution in [0.5, 0.6) is 0 Å². The van der Waals surface area contributed by atoms with Crippen molar-refractivity contribution in [3.8, 4) is 0 Å². The fourth-order valence-corrected chi connectivity index (χ4v) is 3.32. The number of nitrogens with zero attached hydrogens (tertiary/aromatic N) is 1. The van der Waals surface area contributed by atoms with Crippen molar-refractivity contribution in [2.24, 2.45) is 5.92 Å². The number of amides is 2. The molecule has 20 heavy (non-hydrogen) atoms. The fourth-order valence-electron chi connectivity index (χ4n) is 3.32. The van der Waals surface area contributed by atoms with Crippen LogP contribution in [0.15, 0.2) is 0 Å². The molecule has 1 saturated heterocycles. The molecule has 0 aromatic heterocycles. The van der Waals surface area contributed by atoms with Gasteiger partial charge in [0, 0.05) is 25.2 Å². The predicted octanol–water partition coefficient (Wildman–Crippen LogP) is 1.07. The van der Waals surface area contributed by atoms with Crippen LogP contribution >= 0.6 is 0 Å². The Labute approximate surface area is 121 Å². The average Bonchev–Trinajstić information content (AvgIpc) is 3.31. The number of carbonyl (C=O) groups is 1. The first-order chi connectivity index (χ1) is 9.60. The second-order valence-electron chi connectivity index (χ2n) is 6.99. The smallest absolute Gasteiger partial charge is 0.315 e. The van der Waals surface area contributed by atoms with E-state index in [0.717, 1.165) is 44.8 Å². The lowest BCUT2D eigenvalue weighted by Crippen LogP contribution is -2.56. The van der Waals surface area contributed by atoms with E-state index in [1.165, 1.54) is 12.8 Å². The van der Waals surface area contributed by atoms with Gasteiger partial charge in [0.25, 0.3) is 0 Å². The Bertz CT molecular complexity index is 360. The van der Waals surface area contributed by atoms with E-state index < -0.39 is 5.54 Å². The third-order valence-corrected chi connectivity index (χ3v) is 5.13. The fraction of sp³-hybridized carbons (Fsp3) is 0.933. The monoisotopic (exact) mass is 281 g/mol. The summed E-state index contributed by atoms with van der Waals surface area (Å²) in [4.78, 5) is 14.7. The van der Waals surface area contributed by atoms with Crippen LogP contribution in [0.25, 0.3) is 0 Å². The van der Waals surface area contributed by atoms with Crippen molar-refractivity contribution in [2.45, 2.75) is 63.1 Å². The second-order valence-corrected chi connectivity index (χ2v) is 6.99. The van der Waals surface area contributed by atoms with E-state index in [2.05, 4.69) is 15.5 Å². The molecule has 114 valence electrons. The highest BCUT2D eigenvalue weighted by atomic mass is 16.3. The zero-order valence-corrected chi connectivity index (χ0v) is 12.4. The number of carbonyl (C=O) groups excluding carboxylic acids is 1. The molecule has 3 N–H and O–H groups in total. The molecule has 1 aliphatic heterocycles. The summed E-state index contributed by atoms with van der Waals surface area (Å²) in [6.07, 6.45) is 7.02. The van der Waals surface area contributed by atoms with Crippen LogP contribution in [0.3, 0.4) is 0 Å². The standard InChI is InChI=1S/C15H27N3O2/c1-15(10-19,11-2-3-11)17-14(20)16-12-6-8-18(9-7-12)13-4-5-13/h11-13,19H,2-10H2,1H3,(H2,16,17,20)/t15-/m1/s1. The topological polar surface area (TPSA) is 64.6 Å². The van der Waals surface area contributed by atoms with Crippen molar-refractivity contribution in [1.29, 1.82) is 0 Å². The minimum absolute atomic E-state index is 0.0191. The molecule has 5 nitrogen and oxygen atoms in total. The zero-order chi connectivity index (χ0) is 14.2. The van der Waals surface area contributed by atoms with Gasteiger partial charge in [-0.25, -0.2) is 4.79 Å². The van der Waals surface area contributed by atoms with E-state index in [4.69, 9.17) is 0 Å².